The number of hydrogen-bond acceptors (Lipinski definition) is 6. The third-order valence-corrected chi connectivity index (χ3v) is 6.12. The first-order valence-electron chi connectivity index (χ1n) is 11.6. The Morgan fingerprint density at radius 2 is 1.87 bits per heavy atom. The maximum Gasteiger partial charge on any atom is 0.259 e. The average molecular weight is 424 g/mol. The van der Waals surface area contributed by atoms with Gasteiger partial charge in [0.25, 0.3) is 5.91 Å². The Kier molecular flexibility index (Phi) is 7.85. The second kappa shape index (κ2) is 11.2. The molecule has 1 aromatic carbocycles. The first-order valence-corrected chi connectivity index (χ1v) is 11.6. The summed E-state index contributed by atoms with van der Waals surface area (Å²) in [7, 11) is 0. The number of para-hydroxylation sites is 1. The van der Waals surface area contributed by atoms with Gasteiger partial charge >= 0.3 is 0 Å². The van der Waals surface area contributed by atoms with E-state index in [1.165, 1.54) is 32.1 Å². The highest BCUT2D eigenvalue weighted by Crippen LogP contribution is 2.23. The van der Waals surface area contributed by atoms with Crippen LogP contribution in [0.4, 0.5) is 11.6 Å². The van der Waals surface area contributed by atoms with Crippen LogP contribution >= 0.6 is 0 Å². The van der Waals surface area contributed by atoms with Gasteiger partial charge in [-0.25, -0.2) is 9.97 Å². The molecule has 2 fully saturated rings. The van der Waals surface area contributed by atoms with Gasteiger partial charge < -0.3 is 20.3 Å². The van der Waals surface area contributed by atoms with E-state index in [4.69, 9.17) is 9.72 Å². The van der Waals surface area contributed by atoms with Gasteiger partial charge in [0.1, 0.15) is 0 Å². The van der Waals surface area contributed by atoms with Crippen molar-refractivity contribution in [1.29, 1.82) is 0 Å². The molecule has 166 valence electrons. The van der Waals surface area contributed by atoms with Crippen molar-refractivity contribution in [2.75, 3.05) is 49.6 Å². The van der Waals surface area contributed by atoms with E-state index in [9.17, 15) is 4.79 Å². The Bertz CT molecular complexity index is 833. The molecule has 4 rings (SSSR count). The molecular formula is C24H33N5O2. The molecule has 1 aliphatic carbocycles. The Hall–Kier alpha value is -2.51. The van der Waals surface area contributed by atoms with E-state index in [1.807, 2.05) is 30.3 Å². The standard InChI is InChI=1S/C24H33N5O2/c30-23(27-20-9-5-2-6-10-20)21-18-26-24(29-13-15-31-16-14-29)28-22(21)11-12-25-17-19-7-3-1-4-8-19/h2,5-6,9-10,18-19,25H,1,3-4,7-8,11-17H2,(H,27,30). The summed E-state index contributed by atoms with van der Waals surface area (Å²) in [5.74, 6) is 1.30. The molecule has 7 heteroatoms. The van der Waals surface area contributed by atoms with E-state index in [0.717, 1.165) is 43.5 Å². The molecule has 1 saturated carbocycles. The summed E-state index contributed by atoms with van der Waals surface area (Å²) < 4.78 is 5.45. The van der Waals surface area contributed by atoms with Crippen molar-refractivity contribution in [3.05, 3.63) is 47.8 Å². The minimum atomic E-state index is -0.165. The summed E-state index contributed by atoms with van der Waals surface area (Å²) in [5, 5.41) is 6.56. The topological polar surface area (TPSA) is 79.4 Å². The van der Waals surface area contributed by atoms with Crippen molar-refractivity contribution in [1.82, 2.24) is 15.3 Å². The van der Waals surface area contributed by atoms with E-state index in [1.54, 1.807) is 6.20 Å². The van der Waals surface area contributed by atoms with Crippen molar-refractivity contribution in [2.24, 2.45) is 5.92 Å². The van der Waals surface area contributed by atoms with Crippen LogP contribution in [0.25, 0.3) is 0 Å². The highest BCUT2D eigenvalue weighted by Gasteiger charge is 2.19. The molecule has 0 bridgehead atoms. The van der Waals surface area contributed by atoms with Crippen LogP contribution in [0.2, 0.25) is 0 Å². The number of amides is 1. The van der Waals surface area contributed by atoms with Crippen LogP contribution in [0.3, 0.4) is 0 Å². The smallest absolute Gasteiger partial charge is 0.259 e. The molecule has 31 heavy (non-hydrogen) atoms. The predicted molar refractivity (Wildman–Crippen MR) is 123 cm³/mol. The SMILES string of the molecule is O=C(Nc1ccccc1)c1cnc(N2CCOCC2)nc1CCNCC1CCCCC1. The van der Waals surface area contributed by atoms with Gasteiger partial charge in [-0.1, -0.05) is 37.5 Å². The zero-order valence-electron chi connectivity index (χ0n) is 18.2. The zero-order chi connectivity index (χ0) is 21.3. The monoisotopic (exact) mass is 423 g/mol. The summed E-state index contributed by atoms with van der Waals surface area (Å²) >= 11 is 0. The normalized spacial score (nSPS) is 17.5. The van der Waals surface area contributed by atoms with Gasteiger partial charge in [0.2, 0.25) is 5.95 Å². The van der Waals surface area contributed by atoms with Gasteiger partial charge in [-0.3, -0.25) is 4.79 Å². The van der Waals surface area contributed by atoms with Crippen molar-refractivity contribution in [2.45, 2.75) is 38.5 Å². The molecule has 0 unspecified atom stereocenters. The van der Waals surface area contributed by atoms with Crippen molar-refractivity contribution < 1.29 is 9.53 Å². The molecule has 7 nitrogen and oxygen atoms in total. The molecule has 1 saturated heterocycles. The summed E-state index contributed by atoms with van der Waals surface area (Å²) in [6.45, 7) is 4.76. The van der Waals surface area contributed by atoms with Gasteiger partial charge in [-0.2, -0.15) is 0 Å². The van der Waals surface area contributed by atoms with Crippen LogP contribution in [0, 0.1) is 5.92 Å². The molecule has 2 aromatic rings. The number of nitrogens with one attached hydrogen (secondary N) is 2. The van der Waals surface area contributed by atoms with Gasteiger partial charge in [0.05, 0.1) is 24.5 Å². The highest BCUT2D eigenvalue weighted by molar-refractivity contribution is 6.04. The van der Waals surface area contributed by atoms with Crippen molar-refractivity contribution in [3.63, 3.8) is 0 Å². The third-order valence-electron chi connectivity index (χ3n) is 6.12. The maximum absolute atomic E-state index is 13.0. The number of morpholine rings is 1. The second-order valence-corrected chi connectivity index (χ2v) is 8.41. The zero-order valence-corrected chi connectivity index (χ0v) is 18.2. The fourth-order valence-electron chi connectivity index (χ4n) is 4.33. The molecule has 1 aliphatic heterocycles. The minimum Gasteiger partial charge on any atom is -0.378 e. The van der Waals surface area contributed by atoms with Crippen LogP contribution in [0.1, 0.15) is 48.2 Å². The number of aromatic nitrogens is 2. The van der Waals surface area contributed by atoms with Gasteiger partial charge in [0.15, 0.2) is 0 Å². The van der Waals surface area contributed by atoms with Crippen molar-refractivity contribution in [3.8, 4) is 0 Å². The molecule has 0 radical (unpaired) electrons. The van der Waals surface area contributed by atoms with E-state index in [-0.39, 0.29) is 5.91 Å². The summed E-state index contributed by atoms with van der Waals surface area (Å²) in [6, 6.07) is 9.51. The fourth-order valence-corrected chi connectivity index (χ4v) is 4.33. The Morgan fingerprint density at radius 1 is 1.10 bits per heavy atom. The number of benzene rings is 1. The number of rotatable bonds is 8. The molecule has 0 spiro atoms. The summed E-state index contributed by atoms with van der Waals surface area (Å²) in [6.07, 6.45) is 9.10. The molecule has 0 atom stereocenters. The van der Waals surface area contributed by atoms with E-state index in [0.29, 0.717) is 31.1 Å². The number of anilines is 2. The Balaban J connectivity index is 1.44. The molecule has 2 N–H and O–H groups in total. The number of nitrogens with zero attached hydrogens (tertiary/aromatic N) is 3. The van der Waals surface area contributed by atoms with Crippen LogP contribution in [-0.2, 0) is 11.2 Å². The molecular weight excluding hydrogens is 390 g/mol. The molecule has 1 aromatic heterocycles. The minimum absolute atomic E-state index is 0.165. The number of ether oxygens (including phenoxy) is 1. The van der Waals surface area contributed by atoms with Crippen LogP contribution in [0.5, 0.6) is 0 Å². The van der Waals surface area contributed by atoms with Gasteiger partial charge in [0, 0.05) is 37.9 Å². The predicted octanol–water partition coefficient (Wildman–Crippen LogP) is 3.28. The fraction of sp³-hybridized carbons (Fsp3) is 0.542. The first-order chi connectivity index (χ1) is 15.3. The average Bonchev–Trinajstić information content (AvgIpc) is 2.83. The first kappa shape index (κ1) is 21.7. The lowest BCUT2D eigenvalue weighted by Gasteiger charge is -2.27. The quantitative estimate of drug-likeness (QED) is 0.635. The highest BCUT2D eigenvalue weighted by atomic mass is 16.5. The lowest BCUT2D eigenvalue weighted by atomic mass is 9.89. The molecule has 1 amide bonds. The molecule has 2 aliphatic rings. The lowest BCUT2D eigenvalue weighted by Crippen LogP contribution is -2.37. The van der Waals surface area contributed by atoms with E-state index >= 15 is 0 Å². The third kappa shape index (κ3) is 6.24. The Labute approximate surface area is 184 Å². The Morgan fingerprint density at radius 3 is 2.65 bits per heavy atom. The summed E-state index contributed by atoms with van der Waals surface area (Å²) in [4.78, 5) is 24.4. The van der Waals surface area contributed by atoms with Crippen LogP contribution < -0.4 is 15.5 Å². The summed E-state index contributed by atoms with van der Waals surface area (Å²) in [5.41, 5.74) is 2.10. The van der Waals surface area contributed by atoms with Gasteiger partial charge in [-0.05, 0) is 37.4 Å². The number of hydrogen-bond donors (Lipinski definition) is 2. The van der Waals surface area contributed by atoms with Crippen molar-refractivity contribution >= 4 is 17.5 Å². The maximum atomic E-state index is 13.0. The van der Waals surface area contributed by atoms with Crippen LogP contribution in [-0.4, -0.2) is 55.3 Å². The molecule has 2 heterocycles. The van der Waals surface area contributed by atoms with E-state index < -0.39 is 0 Å². The number of carbonyl (C=O) groups is 1. The van der Waals surface area contributed by atoms with Gasteiger partial charge in [-0.15, -0.1) is 0 Å². The number of carbonyl (C=O) groups excluding carboxylic acids is 1. The van der Waals surface area contributed by atoms with E-state index in [2.05, 4.69) is 20.5 Å². The largest absolute Gasteiger partial charge is 0.378 e. The van der Waals surface area contributed by atoms with Crippen LogP contribution in [0.15, 0.2) is 36.5 Å². The second-order valence-electron chi connectivity index (χ2n) is 8.41. The lowest BCUT2D eigenvalue weighted by molar-refractivity contribution is 0.102.